The van der Waals surface area contributed by atoms with Crippen LogP contribution in [-0.2, 0) is 17.7 Å². The van der Waals surface area contributed by atoms with Gasteiger partial charge in [0.2, 0.25) is 0 Å². The Balaban J connectivity index is 3.10. The van der Waals surface area contributed by atoms with Crippen LogP contribution in [0.15, 0.2) is 18.2 Å². The van der Waals surface area contributed by atoms with Crippen LogP contribution in [0.3, 0.4) is 0 Å². The third kappa shape index (κ3) is 3.28. The lowest BCUT2D eigenvalue weighted by molar-refractivity contribution is -0.383. The first-order valence-electron chi connectivity index (χ1n) is 4.69. The molecule has 0 aliphatic carbocycles. The molecule has 0 radical (unpaired) electrons. The number of rotatable bonds is 5. The predicted molar refractivity (Wildman–Crippen MR) is 61.5 cm³/mol. The molecule has 0 amide bonds. The zero-order valence-corrected chi connectivity index (χ0v) is 9.49. The maximum absolute atomic E-state index is 10.7. The Kier molecular flexibility index (Phi) is 4.39. The summed E-state index contributed by atoms with van der Waals surface area (Å²) in [4.78, 5) is 10.1. The standard InChI is InChI=1S/C9H12N2O4S/c1-2-3-7-4-5-9(11(12)13)8(6-7)10-16(14)15/h4-6,10H,2-3H2,1H3,(H,14,15). The van der Waals surface area contributed by atoms with E-state index in [-0.39, 0.29) is 11.4 Å². The summed E-state index contributed by atoms with van der Waals surface area (Å²) >= 11 is -2.31. The molecule has 88 valence electrons. The number of nitro groups is 1. The maximum atomic E-state index is 10.7. The largest absolute Gasteiger partial charge is 0.293 e. The van der Waals surface area contributed by atoms with Gasteiger partial charge < -0.3 is 0 Å². The molecule has 0 aliphatic heterocycles. The van der Waals surface area contributed by atoms with Gasteiger partial charge >= 0.3 is 0 Å². The Hall–Kier alpha value is -1.47. The molecule has 1 aromatic carbocycles. The molecule has 1 aromatic rings. The van der Waals surface area contributed by atoms with Crippen LogP contribution in [0.2, 0.25) is 0 Å². The first-order chi connectivity index (χ1) is 7.54. The first-order valence-corrected chi connectivity index (χ1v) is 5.80. The van der Waals surface area contributed by atoms with E-state index in [1.807, 2.05) is 6.92 Å². The monoisotopic (exact) mass is 244 g/mol. The molecule has 1 unspecified atom stereocenters. The van der Waals surface area contributed by atoms with Crippen molar-refractivity contribution in [2.45, 2.75) is 19.8 Å². The van der Waals surface area contributed by atoms with Gasteiger partial charge in [-0.2, -0.15) is 0 Å². The summed E-state index contributed by atoms with van der Waals surface area (Å²) in [6, 6.07) is 4.50. The Morgan fingerprint density at radius 1 is 1.56 bits per heavy atom. The van der Waals surface area contributed by atoms with Crippen molar-refractivity contribution in [3.63, 3.8) is 0 Å². The number of hydrogen-bond acceptors (Lipinski definition) is 3. The number of benzene rings is 1. The van der Waals surface area contributed by atoms with Crippen molar-refractivity contribution in [3.8, 4) is 0 Å². The van der Waals surface area contributed by atoms with Gasteiger partial charge in [0.25, 0.3) is 17.0 Å². The lowest BCUT2D eigenvalue weighted by Gasteiger charge is -2.05. The molecule has 0 spiro atoms. The summed E-state index contributed by atoms with van der Waals surface area (Å²) < 4.78 is 21.4. The second kappa shape index (κ2) is 5.57. The van der Waals surface area contributed by atoms with Gasteiger partial charge in [0.1, 0.15) is 5.69 Å². The Morgan fingerprint density at radius 2 is 2.25 bits per heavy atom. The molecule has 0 aliphatic rings. The van der Waals surface area contributed by atoms with E-state index in [1.165, 1.54) is 12.1 Å². The van der Waals surface area contributed by atoms with Crippen molar-refractivity contribution < 1.29 is 13.7 Å². The molecular formula is C9H12N2O4S. The van der Waals surface area contributed by atoms with Crippen molar-refractivity contribution in [2.24, 2.45) is 0 Å². The number of aryl methyl sites for hydroxylation is 1. The quantitative estimate of drug-likeness (QED) is 0.471. The smallest absolute Gasteiger partial charge is 0.289 e. The third-order valence-corrected chi connectivity index (χ3v) is 2.39. The molecule has 1 atom stereocenters. The second-order valence-electron chi connectivity index (χ2n) is 3.21. The van der Waals surface area contributed by atoms with Crippen LogP contribution in [0.1, 0.15) is 18.9 Å². The molecule has 0 saturated carbocycles. The number of nitro benzene ring substituents is 1. The van der Waals surface area contributed by atoms with Crippen molar-refractivity contribution in [1.82, 2.24) is 0 Å². The maximum Gasteiger partial charge on any atom is 0.293 e. The highest BCUT2D eigenvalue weighted by Gasteiger charge is 2.15. The molecule has 0 bridgehead atoms. The van der Waals surface area contributed by atoms with Gasteiger partial charge in [-0.05, 0) is 18.1 Å². The fraction of sp³-hybridized carbons (Fsp3) is 0.333. The molecule has 2 N–H and O–H groups in total. The number of hydrogen-bond donors (Lipinski definition) is 2. The molecular weight excluding hydrogens is 232 g/mol. The van der Waals surface area contributed by atoms with E-state index in [4.69, 9.17) is 4.55 Å². The summed E-state index contributed by atoms with van der Waals surface area (Å²) in [7, 11) is 0. The molecule has 7 heteroatoms. The van der Waals surface area contributed by atoms with Crippen LogP contribution in [0, 0.1) is 10.1 Å². The molecule has 0 fully saturated rings. The highest BCUT2D eigenvalue weighted by Crippen LogP contribution is 2.26. The lowest BCUT2D eigenvalue weighted by Crippen LogP contribution is -2.05. The molecule has 0 aromatic heterocycles. The average Bonchev–Trinajstić information content (AvgIpc) is 2.16. The second-order valence-corrected chi connectivity index (χ2v) is 3.91. The van der Waals surface area contributed by atoms with Crippen molar-refractivity contribution >= 4 is 22.6 Å². The van der Waals surface area contributed by atoms with Crippen molar-refractivity contribution in [2.75, 3.05) is 4.72 Å². The fourth-order valence-corrected chi connectivity index (χ4v) is 1.71. The van der Waals surface area contributed by atoms with Crippen LogP contribution in [-0.4, -0.2) is 13.7 Å². The van der Waals surface area contributed by atoms with Gasteiger partial charge in [-0.25, -0.2) is 4.21 Å². The van der Waals surface area contributed by atoms with E-state index < -0.39 is 16.2 Å². The fourth-order valence-electron chi connectivity index (χ4n) is 1.36. The van der Waals surface area contributed by atoms with Gasteiger partial charge in [0, 0.05) is 6.07 Å². The molecule has 0 saturated heterocycles. The van der Waals surface area contributed by atoms with E-state index in [0.29, 0.717) is 0 Å². The minimum absolute atomic E-state index is 0.0665. The SMILES string of the molecule is CCCc1ccc([N+](=O)[O-])c(NS(=O)O)c1. The third-order valence-electron chi connectivity index (χ3n) is 1.99. The highest BCUT2D eigenvalue weighted by atomic mass is 32.2. The van der Waals surface area contributed by atoms with Gasteiger partial charge in [-0.1, -0.05) is 19.4 Å². The summed E-state index contributed by atoms with van der Waals surface area (Å²) in [5, 5.41) is 10.7. The normalized spacial score (nSPS) is 12.1. The van der Waals surface area contributed by atoms with E-state index in [1.54, 1.807) is 6.07 Å². The van der Waals surface area contributed by atoms with Crippen LogP contribution in [0.4, 0.5) is 11.4 Å². The Morgan fingerprint density at radius 3 is 2.75 bits per heavy atom. The lowest BCUT2D eigenvalue weighted by atomic mass is 10.1. The van der Waals surface area contributed by atoms with Crippen LogP contribution in [0.5, 0.6) is 0 Å². The zero-order valence-electron chi connectivity index (χ0n) is 8.67. The van der Waals surface area contributed by atoms with E-state index >= 15 is 0 Å². The predicted octanol–water partition coefficient (Wildman–Crippen LogP) is 2.10. The molecule has 1 rings (SSSR count). The molecule has 16 heavy (non-hydrogen) atoms. The topological polar surface area (TPSA) is 92.5 Å². The number of nitrogens with zero attached hydrogens (tertiary/aromatic N) is 1. The van der Waals surface area contributed by atoms with E-state index in [2.05, 4.69) is 4.72 Å². The number of anilines is 1. The summed E-state index contributed by atoms with van der Waals surface area (Å²) in [6.07, 6.45) is 1.67. The van der Waals surface area contributed by atoms with Gasteiger partial charge in [-0.3, -0.25) is 19.4 Å². The summed E-state index contributed by atoms with van der Waals surface area (Å²) in [5.74, 6) is 0. The minimum Gasteiger partial charge on any atom is -0.289 e. The Bertz CT molecular complexity index is 422. The first kappa shape index (κ1) is 12.6. The summed E-state index contributed by atoms with van der Waals surface area (Å²) in [5.41, 5.74) is 0.750. The van der Waals surface area contributed by atoms with E-state index in [9.17, 15) is 14.3 Å². The van der Waals surface area contributed by atoms with Crippen molar-refractivity contribution in [1.29, 1.82) is 0 Å². The molecule has 0 heterocycles. The molecule has 6 nitrogen and oxygen atoms in total. The average molecular weight is 244 g/mol. The van der Waals surface area contributed by atoms with Crippen LogP contribution >= 0.6 is 0 Å². The Labute approximate surface area is 95.2 Å². The van der Waals surface area contributed by atoms with Crippen LogP contribution < -0.4 is 4.72 Å². The van der Waals surface area contributed by atoms with Gasteiger partial charge in [0.15, 0.2) is 0 Å². The van der Waals surface area contributed by atoms with Gasteiger partial charge in [0.05, 0.1) is 4.92 Å². The summed E-state index contributed by atoms with van der Waals surface area (Å²) in [6.45, 7) is 1.98. The zero-order chi connectivity index (χ0) is 12.1. The van der Waals surface area contributed by atoms with E-state index in [0.717, 1.165) is 18.4 Å². The van der Waals surface area contributed by atoms with Crippen molar-refractivity contribution in [3.05, 3.63) is 33.9 Å². The minimum atomic E-state index is -2.31. The van der Waals surface area contributed by atoms with Gasteiger partial charge in [-0.15, -0.1) is 0 Å². The number of nitrogens with one attached hydrogen (secondary N) is 1. The van der Waals surface area contributed by atoms with Crippen LogP contribution in [0.25, 0.3) is 0 Å². The highest BCUT2D eigenvalue weighted by molar-refractivity contribution is 7.80.